The van der Waals surface area contributed by atoms with Crippen molar-refractivity contribution >= 4 is 19.8 Å². The SMILES string of the molecule is CC/C=C\C/C=C\C/C=C\C/C=C\CCCCCCCCCCCCCCCCCCCCC(=O)OC(COC(=O)CCCCCCCCC)COP(=O)(O)OCCN. The van der Waals surface area contributed by atoms with Gasteiger partial charge in [-0.05, 0) is 51.4 Å². The van der Waals surface area contributed by atoms with Crippen molar-refractivity contribution < 1.29 is 37.6 Å². The Kier molecular flexibility index (Phi) is 43.9. The van der Waals surface area contributed by atoms with Crippen LogP contribution in [-0.2, 0) is 32.7 Å². The second-order valence-electron chi connectivity index (χ2n) is 16.0. The van der Waals surface area contributed by atoms with Crippen molar-refractivity contribution in [2.45, 2.75) is 225 Å². The number of phosphoric acid groups is 1. The summed E-state index contributed by atoms with van der Waals surface area (Å²) in [4.78, 5) is 34.7. The first kappa shape index (κ1) is 57.0. The molecule has 9 nitrogen and oxygen atoms in total. The molecule has 0 amide bonds. The lowest BCUT2D eigenvalue weighted by Crippen LogP contribution is -2.29. The van der Waals surface area contributed by atoms with Gasteiger partial charge in [-0.25, -0.2) is 4.57 Å². The molecule has 0 rings (SSSR count). The van der Waals surface area contributed by atoms with Crippen molar-refractivity contribution in [1.29, 1.82) is 0 Å². The Morgan fingerprint density at radius 2 is 0.932 bits per heavy atom. The molecule has 59 heavy (non-hydrogen) atoms. The molecule has 0 spiro atoms. The van der Waals surface area contributed by atoms with Crippen LogP contribution in [0.4, 0.5) is 0 Å². The highest BCUT2D eigenvalue weighted by atomic mass is 31.2. The van der Waals surface area contributed by atoms with E-state index >= 15 is 0 Å². The lowest BCUT2D eigenvalue weighted by atomic mass is 10.0. The van der Waals surface area contributed by atoms with Crippen LogP contribution < -0.4 is 5.73 Å². The van der Waals surface area contributed by atoms with Crippen molar-refractivity contribution in [3.8, 4) is 0 Å². The maximum absolute atomic E-state index is 12.6. The van der Waals surface area contributed by atoms with E-state index in [1.54, 1.807) is 0 Å². The summed E-state index contributed by atoms with van der Waals surface area (Å²) in [6, 6.07) is 0. The second kappa shape index (κ2) is 45.5. The predicted molar refractivity (Wildman–Crippen MR) is 247 cm³/mol. The van der Waals surface area contributed by atoms with E-state index in [2.05, 4.69) is 62.5 Å². The van der Waals surface area contributed by atoms with E-state index in [9.17, 15) is 19.0 Å². The number of hydrogen-bond acceptors (Lipinski definition) is 8. The van der Waals surface area contributed by atoms with Gasteiger partial charge in [0.2, 0.25) is 0 Å². The van der Waals surface area contributed by atoms with Crippen LogP contribution in [0.25, 0.3) is 0 Å². The predicted octanol–water partition coefficient (Wildman–Crippen LogP) is 14.3. The molecule has 0 aliphatic heterocycles. The summed E-state index contributed by atoms with van der Waals surface area (Å²) < 4.78 is 32.7. The summed E-state index contributed by atoms with van der Waals surface area (Å²) in [6.07, 6.45) is 53.4. The smallest absolute Gasteiger partial charge is 0.462 e. The molecule has 2 atom stereocenters. The van der Waals surface area contributed by atoms with Crippen molar-refractivity contribution in [3.05, 3.63) is 48.6 Å². The van der Waals surface area contributed by atoms with Crippen LogP contribution in [0.5, 0.6) is 0 Å². The van der Waals surface area contributed by atoms with Gasteiger partial charge in [0.1, 0.15) is 6.61 Å². The van der Waals surface area contributed by atoms with E-state index < -0.39 is 26.5 Å². The number of rotatable bonds is 45. The number of nitrogens with two attached hydrogens (primary N) is 1. The molecule has 0 saturated heterocycles. The molecule has 3 N–H and O–H groups in total. The van der Waals surface area contributed by atoms with E-state index in [1.165, 1.54) is 128 Å². The van der Waals surface area contributed by atoms with E-state index in [-0.39, 0.29) is 38.6 Å². The molecule has 10 heteroatoms. The van der Waals surface area contributed by atoms with Gasteiger partial charge < -0.3 is 20.1 Å². The van der Waals surface area contributed by atoms with Gasteiger partial charge in [-0.1, -0.05) is 204 Å². The molecule has 0 bridgehead atoms. The second-order valence-corrected chi connectivity index (χ2v) is 17.4. The van der Waals surface area contributed by atoms with Gasteiger partial charge in [-0.3, -0.25) is 18.6 Å². The van der Waals surface area contributed by atoms with Gasteiger partial charge in [-0.2, -0.15) is 0 Å². The van der Waals surface area contributed by atoms with E-state index in [1.807, 2.05) is 0 Å². The lowest BCUT2D eigenvalue weighted by Gasteiger charge is -2.19. The number of esters is 2. The standard InChI is InChI=1S/C49H90NO8P/c1-3-5-7-9-11-12-13-14-15-16-17-18-19-20-21-22-23-24-25-26-27-28-29-30-31-32-33-34-36-38-40-42-49(52)58-47(46-57-59(53,54)56-44-43-50)45-55-48(51)41-39-37-35-10-8-6-4-2/h5,7,11-12,14-15,17-18,47H,3-4,6,8-10,13,16,19-46,50H2,1-2H3,(H,53,54)/b7-5-,12-11-,15-14-,18-17-. The molecule has 0 fully saturated rings. The summed E-state index contributed by atoms with van der Waals surface area (Å²) in [5, 5.41) is 0. The number of carbonyl (C=O) groups excluding carboxylic acids is 2. The van der Waals surface area contributed by atoms with Crippen LogP contribution in [0, 0.1) is 0 Å². The summed E-state index contributed by atoms with van der Waals surface area (Å²) in [6.45, 7) is 3.58. The quantitative estimate of drug-likeness (QED) is 0.0266. The van der Waals surface area contributed by atoms with E-state index in [4.69, 9.17) is 24.3 Å². The fourth-order valence-corrected chi connectivity index (χ4v) is 7.45. The monoisotopic (exact) mass is 852 g/mol. The van der Waals surface area contributed by atoms with E-state index in [0.717, 1.165) is 57.8 Å². The Bertz CT molecular complexity index is 1110. The van der Waals surface area contributed by atoms with Gasteiger partial charge in [0.25, 0.3) is 0 Å². The summed E-state index contributed by atoms with van der Waals surface area (Å²) >= 11 is 0. The van der Waals surface area contributed by atoms with Crippen LogP contribution in [0.1, 0.15) is 219 Å². The Morgan fingerprint density at radius 3 is 1.39 bits per heavy atom. The lowest BCUT2D eigenvalue weighted by molar-refractivity contribution is -0.161. The number of hydrogen-bond donors (Lipinski definition) is 2. The largest absolute Gasteiger partial charge is 0.472 e. The van der Waals surface area contributed by atoms with Crippen LogP contribution in [-0.4, -0.2) is 49.3 Å². The van der Waals surface area contributed by atoms with Gasteiger partial charge >= 0.3 is 19.8 Å². The Morgan fingerprint density at radius 1 is 0.525 bits per heavy atom. The molecule has 0 aromatic carbocycles. The first-order chi connectivity index (χ1) is 28.8. The normalized spacial score (nSPS) is 13.6. The number of ether oxygens (including phenoxy) is 2. The topological polar surface area (TPSA) is 134 Å². The Labute approximate surface area is 362 Å². The average molecular weight is 852 g/mol. The van der Waals surface area contributed by atoms with Crippen LogP contribution >= 0.6 is 7.82 Å². The third kappa shape index (κ3) is 45.3. The molecule has 0 heterocycles. The highest BCUT2D eigenvalue weighted by Gasteiger charge is 2.26. The molecular weight excluding hydrogens is 762 g/mol. The zero-order chi connectivity index (χ0) is 43.2. The van der Waals surface area contributed by atoms with Crippen molar-refractivity contribution in [2.75, 3.05) is 26.4 Å². The average Bonchev–Trinajstić information content (AvgIpc) is 3.22. The first-order valence-electron chi connectivity index (χ1n) is 24.1. The number of carbonyl (C=O) groups is 2. The minimum Gasteiger partial charge on any atom is -0.462 e. The van der Waals surface area contributed by atoms with Crippen LogP contribution in [0.2, 0.25) is 0 Å². The zero-order valence-electron chi connectivity index (χ0n) is 38.0. The zero-order valence-corrected chi connectivity index (χ0v) is 38.9. The summed E-state index contributed by atoms with van der Waals surface area (Å²) in [7, 11) is -4.37. The molecule has 0 aromatic heterocycles. The van der Waals surface area contributed by atoms with Gasteiger partial charge in [0, 0.05) is 19.4 Å². The Hall–Kier alpha value is -2.03. The van der Waals surface area contributed by atoms with Gasteiger partial charge in [-0.15, -0.1) is 0 Å². The summed E-state index contributed by atoms with van der Waals surface area (Å²) in [5.74, 6) is -0.829. The minimum atomic E-state index is -4.37. The molecule has 0 saturated carbocycles. The molecule has 344 valence electrons. The van der Waals surface area contributed by atoms with Crippen LogP contribution in [0.3, 0.4) is 0 Å². The highest BCUT2D eigenvalue weighted by molar-refractivity contribution is 7.47. The molecule has 0 aliphatic rings. The Balaban J connectivity index is 3.81. The minimum absolute atomic E-state index is 0.0544. The summed E-state index contributed by atoms with van der Waals surface area (Å²) in [5.41, 5.74) is 5.34. The van der Waals surface area contributed by atoms with Crippen molar-refractivity contribution in [3.63, 3.8) is 0 Å². The van der Waals surface area contributed by atoms with Crippen LogP contribution in [0.15, 0.2) is 48.6 Å². The maximum Gasteiger partial charge on any atom is 0.472 e. The van der Waals surface area contributed by atoms with Crippen molar-refractivity contribution in [1.82, 2.24) is 0 Å². The third-order valence-electron chi connectivity index (χ3n) is 10.2. The number of phosphoric ester groups is 1. The molecule has 2 unspecified atom stereocenters. The number of allylic oxidation sites excluding steroid dienone is 8. The fourth-order valence-electron chi connectivity index (χ4n) is 6.69. The molecule has 0 radical (unpaired) electrons. The fraction of sp³-hybridized carbons (Fsp3) is 0.796. The van der Waals surface area contributed by atoms with E-state index in [0.29, 0.717) is 6.42 Å². The molecule has 0 aromatic rings. The molecular formula is C49H90NO8P. The maximum atomic E-state index is 12.6. The third-order valence-corrected chi connectivity index (χ3v) is 11.2. The van der Waals surface area contributed by atoms with Crippen molar-refractivity contribution in [2.24, 2.45) is 5.73 Å². The van der Waals surface area contributed by atoms with Gasteiger partial charge in [0.15, 0.2) is 6.10 Å². The molecule has 0 aliphatic carbocycles. The number of unbranched alkanes of at least 4 members (excludes halogenated alkanes) is 24. The first-order valence-corrected chi connectivity index (χ1v) is 25.6. The highest BCUT2D eigenvalue weighted by Crippen LogP contribution is 2.43. The van der Waals surface area contributed by atoms with Gasteiger partial charge in [0.05, 0.1) is 13.2 Å².